The van der Waals surface area contributed by atoms with Crippen LogP contribution < -0.4 is 5.73 Å². The number of rotatable bonds is 1. The molecule has 0 saturated carbocycles. The molecule has 15 heavy (non-hydrogen) atoms. The molecule has 0 saturated heterocycles. The van der Waals surface area contributed by atoms with Crippen molar-refractivity contribution in [1.82, 2.24) is 0 Å². The van der Waals surface area contributed by atoms with Crippen LogP contribution in [0.25, 0.3) is 5.57 Å². The highest BCUT2D eigenvalue weighted by Crippen LogP contribution is 2.39. The van der Waals surface area contributed by atoms with Crippen LogP contribution in [-0.2, 0) is 0 Å². The fourth-order valence-corrected chi connectivity index (χ4v) is 2.27. The molecule has 1 aliphatic rings. The topological polar surface area (TPSA) is 26.0 Å². The molecule has 0 fully saturated rings. The van der Waals surface area contributed by atoms with Gasteiger partial charge in [0.05, 0.1) is 0 Å². The summed E-state index contributed by atoms with van der Waals surface area (Å²) in [6.07, 6.45) is 2.30. The quantitative estimate of drug-likeness (QED) is 0.686. The molecule has 1 unspecified atom stereocenters. The monoisotopic (exact) mass is 199 g/mol. The molecule has 0 aromatic heterocycles. The maximum Gasteiger partial charge on any atom is 0.0393 e. The Morgan fingerprint density at radius 1 is 1.13 bits per heavy atom. The minimum atomic E-state index is 0.541. The fraction of sp³-hybridized carbons (Fsp3) is 0.286. The lowest BCUT2D eigenvalue weighted by Gasteiger charge is -2.10. The summed E-state index contributed by atoms with van der Waals surface area (Å²) in [5, 5.41) is 0. The number of nitrogen functional groups attached to an aromatic ring is 1. The lowest BCUT2D eigenvalue weighted by atomic mass is 9.96. The first-order valence-electron chi connectivity index (χ1n) is 5.35. The highest BCUT2D eigenvalue weighted by Gasteiger charge is 2.19. The van der Waals surface area contributed by atoms with Crippen molar-refractivity contribution in [2.75, 3.05) is 5.73 Å². The van der Waals surface area contributed by atoms with E-state index in [0.717, 1.165) is 5.69 Å². The largest absolute Gasteiger partial charge is 0.398 e. The molecule has 0 amide bonds. The summed E-state index contributed by atoms with van der Waals surface area (Å²) in [6.45, 7) is 6.58. The smallest absolute Gasteiger partial charge is 0.0393 e. The molecule has 78 valence electrons. The maximum absolute atomic E-state index is 6.01. The van der Waals surface area contributed by atoms with Gasteiger partial charge >= 0.3 is 0 Å². The molecular formula is C14H17N. The molecule has 1 heteroatoms. The molecule has 2 rings (SSSR count). The van der Waals surface area contributed by atoms with Crippen molar-refractivity contribution >= 4 is 11.3 Å². The summed E-state index contributed by atoms with van der Waals surface area (Å²) in [7, 11) is 0. The number of hydrogen-bond donors (Lipinski definition) is 1. The summed E-state index contributed by atoms with van der Waals surface area (Å²) >= 11 is 0. The zero-order valence-corrected chi connectivity index (χ0v) is 9.54. The van der Waals surface area contributed by atoms with Gasteiger partial charge in [-0.15, -0.1) is 0 Å². The molecule has 0 heterocycles. The molecule has 0 radical (unpaired) electrons. The van der Waals surface area contributed by atoms with Crippen molar-refractivity contribution < 1.29 is 0 Å². The molecule has 1 atom stereocenters. The Morgan fingerprint density at radius 2 is 1.80 bits per heavy atom. The predicted octanol–water partition coefficient (Wildman–Crippen LogP) is 3.64. The van der Waals surface area contributed by atoms with Gasteiger partial charge in [0.2, 0.25) is 0 Å². The Morgan fingerprint density at radius 3 is 2.33 bits per heavy atom. The van der Waals surface area contributed by atoms with Crippen LogP contribution in [0, 0.1) is 5.92 Å². The summed E-state index contributed by atoms with van der Waals surface area (Å²) in [5.41, 5.74) is 12.2. The molecule has 2 N–H and O–H groups in total. The van der Waals surface area contributed by atoms with Crippen molar-refractivity contribution in [2.45, 2.75) is 20.8 Å². The third kappa shape index (κ3) is 1.58. The molecule has 0 bridgehead atoms. The van der Waals surface area contributed by atoms with E-state index < -0.39 is 0 Å². The van der Waals surface area contributed by atoms with Crippen molar-refractivity contribution in [1.29, 1.82) is 0 Å². The second kappa shape index (κ2) is 3.58. The van der Waals surface area contributed by atoms with E-state index in [9.17, 15) is 0 Å². The number of anilines is 1. The minimum absolute atomic E-state index is 0.541. The van der Waals surface area contributed by atoms with E-state index in [1.54, 1.807) is 0 Å². The van der Waals surface area contributed by atoms with E-state index in [1.807, 2.05) is 18.2 Å². The molecule has 1 nitrogen and oxygen atoms in total. The predicted molar refractivity (Wildman–Crippen MR) is 66.4 cm³/mol. The number of hydrogen-bond acceptors (Lipinski definition) is 1. The lowest BCUT2D eigenvalue weighted by molar-refractivity contribution is 0.882. The van der Waals surface area contributed by atoms with Gasteiger partial charge in [-0.1, -0.05) is 36.8 Å². The van der Waals surface area contributed by atoms with Gasteiger partial charge in [0.15, 0.2) is 0 Å². The van der Waals surface area contributed by atoms with Crippen molar-refractivity contribution in [2.24, 2.45) is 5.92 Å². The normalized spacial score (nSPS) is 20.7. The Labute approximate surface area is 91.3 Å². The Balaban J connectivity index is 2.58. The van der Waals surface area contributed by atoms with Gasteiger partial charge in [-0.25, -0.2) is 0 Å². The SMILES string of the molecule is CC1=CC(C)C(C)=C1c1ccccc1N. The third-order valence-corrected chi connectivity index (χ3v) is 3.20. The molecule has 1 aliphatic carbocycles. The van der Waals surface area contributed by atoms with Gasteiger partial charge in [-0.2, -0.15) is 0 Å². The zero-order chi connectivity index (χ0) is 11.0. The van der Waals surface area contributed by atoms with Crippen LogP contribution in [0.3, 0.4) is 0 Å². The van der Waals surface area contributed by atoms with Crippen molar-refractivity contribution in [3.05, 3.63) is 47.1 Å². The van der Waals surface area contributed by atoms with E-state index in [4.69, 9.17) is 5.73 Å². The summed E-state index contributed by atoms with van der Waals surface area (Å²) in [5.74, 6) is 0.541. The van der Waals surface area contributed by atoms with Crippen molar-refractivity contribution in [3.8, 4) is 0 Å². The molecular weight excluding hydrogens is 182 g/mol. The molecule has 0 spiro atoms. The standard InChI is InChI=1S/C14H17N/c1-9-8-10(2)14(11(9)3)12-6-4-5-7-13(12)15/h4-9H,15H2,1-3H3. The molecule has 0 aliphatic heterocycles. The minimum Gasteiger partial charge on any atom is -0.398 e. The molecule has 1 aromatic rings. The van der Waals surface area contributed by atoms with Crippen LogP contribution in [0.5, 0.6) is 0 Å². The highest BCUT2D eigenvalue weighted by atomic mass is 14.6. The van der Waals surface area contributed by atoms with Crippen LogP contribution in [0.1, 0.15) is 26.3 Å². The van der Waals surface area contributed by atoms with Gasteiger partial charge in [-0.3, -0.25) is 0 Å². The number of allylic oxidation sites excluding steroid dienone is 4. The average Bonchev–Trinajstić information content (AvgIpc) is 2.43. The first-order valence-corrected chi connectivity index (χ1v) is 5.35. The Bertz CT molecular complexity index is 452. The summed E-state index contributed by atoms with van der Waals surface area (Å²) < 4.78 is 0. The van der Waals surface area contributed by atoms with Crippen LogP contribution in [0.4, 0.5) is 5.69 Å². The van der Waals surface area contributed by atoms with Gasteiger partial charge in [0, 0.05) is 11.3 Å². The van der Waals surface area contributed by atoms with Gasteiger partial charge < -0.3 is 5.73 Å². The van der Waals surface area contributed by atoms with Crippen molar-refractivity contribution in [3.63, 3.8) is 0 Å². The van der Waals surface area contributed by atoms with Crippen LogP contribution >= 0.6 is 0 Å². The third-order valence-electron chi connectivity index (χ3n) is 3.20. The second-order valence-electron chi connectivity index (χ2n) is 4.28. The van der Waals surface area contributed by atoms with Crippen LogP contribution in [0.15, 0.2) is 41.5 Å². The van der Waals surface area contributed by atoms with Gasteiger partial charge in [0.1, 0.15) is 0 Å². The van der Waals surface area contributed by atoms with E-state index >= 15 is 0 Å². The number of nitrogens with two attached hydrogens (primary N) is 1. The first-order chi connectivity index (χ1) is 7.11. The average molecular weight is 199 g/mol. The Hall–Kier alpha value is -1.50. The van der Waals surface area contributed by atoms with Crippen LogP contribution in [-0.4, -0.2) is 0 Å². The molecule has 1 aromatic carbocycles. The van der Waals surface area contributed by atoms with E-state index in [2.05, 4.69) is 32.9 Å². The highest BCUT2D eigenvalue weighted by molar-refractivity contribution is 5.88. The van der Waals surface area contributed by atoms with E-state index in [1.165, 1.54) is 22.3 Å². The van der Waals surface area contributed by atoms with E-state index in [0.29, 0.717) is 5.92 Å². The van der Waals surface area contributed by atoms with E-state index in [-0.39, 0.29) is 0 Å². The zero-order valence-electron chi connectivity index (χ0n) is 9.54. The number of para-hydroxylation sites is 1. The fourth-order valence-electron chi connectivity index (χ4n) is 2.27. The van der Waals surface area contributed by atoms with Gasteiger partial charge in [0.25, 0.3) is 0 Å². The summed E-state index contributed by atoms with van der Waals surface area (Å²) in [4.78, 5) is 0. The maximum atomic E-state index is 6.01. The second-order valence-corrected chi connectivity index (χ2v) is 4.28. The Kier molecular flexibility index (Phi) is 2.39. The summed E-state index contributed by atoms with van der Waals surface area (Å²) in [6, 6.07) is 8.09. The lowest BCUT2D eigenvalue weighted by Crippen LogP contribution is -1.95. The van der Waals surface area contributed by atoms with Crippen LogP contribution in [0.2, 0.25) is 0 Å². The van der Waals surface area contributed by atoms with Gasteiger partial charge in [-0.05, 0) is 37.0 Å². The number of benzene rings is 1. The first kappa shape index (κ1) is 10.0.